The Morgan fingerprint density at radius 3 is 1.82 bits per heavy atom. The fourth-order valence-corrected chi connectivity index (χ4v) is 6.24. The number of aryl methyl sites for hydroxylation is 1. The van der Waals surface area contributed by atoms with Gasteiger partial charge in [0, 0.05) is 41.0 Å². The molecule has 0 aliphatic carbocycles. The summed E-state index contributed by atoms with van der Waals surface area (Å²) in [5.74, 6) is 1.89. The maximum absolute atomic E-state index is 4.98. The standard InChI is InChI=1S/C41H36N4/c1-5-38(42-26-28(2)3)44(32-12-8-6-9-13-32)36-23-19-30-18-22-35-37(24-20-31-17-21-34(36)40(30)41(31)35)45(33-14-10-7-11-15-33)39-25-16-29(4)27-43-39/h6-27H,5H2,1-4H3. The summed E-state index contributed by atoms with van der Waals surface area (Å²) in [5.41, 5.74) is 6.69. The van der Waals surface area contributed by atoms with Gasteiger partial charge in [0.2, 0.25) is 0 Å². The molecule has 4 heteroatoms. The molecule has 0 N–H and O–H groups in total. The summed E-state index contributed by atoms with van der Waals surface area (Å²) in [6.07, 6.45) is 4.70. The number of nitrogens with zero attached hydrogens (tertiary/aromatic N) is 4. The van der Waals surface area contributed by atoms with Crippen LogP contribution in [0.3, 0.4) is 0 Å². The molecule has 0 amide bonds. The van der Waals surface area contributed by atoms with Crippen LogP contribution in [0.25, 0.3) is 32.3 Å². The number of hydrogen-bond acceptors (Lipinski definition) is 3. The van der Waals surface area contributed by atoms with Crippen molar-refractivity contribution in [3.63, 3.8) is 0 Å². The number of hydrogen-bond donors (Lipinski definition) is 0. The fraction of sp³-hybridized carbons (Fsp3) is 0.122. The largest absolute Gasteiger partial charge is 0.298 e. The number of rotatable bonds is 7. The molecule has 0 saturated heterocycles. The van der Waals surface area contributed by atoms with E-state index in [4.69, 9.17) is 9.98 Å². The molecule has 0 saturated carbocycles. The highest BCUT2D eigenvalue weighted by Crippen LogP contribution is 2.45. The Balaban J connectivity index is 1.51. The van der Waals surface area contributed by atoms with Crippen molar-refractivity contribution in [3.05, 3.63) is 145 Å². The molecule has 0 atom stereocenters. The Hall–Kier alpha value is -5.48. The van der Waals surface area contributed by atoms with Crippen molar-refractivity contribution in [2.24, 2.45) is 4.99 Å². The van der Waals surface area contributed by atoms with Gasteiger partial charge in [-0.05, 0) is 90.3 Å². The summed E-state index contributed by atoms with van der Waals surface area (Å²) in [6.45, 7) is 8.42. The Morgan fingerprint density at radius 2 is 1.24 bits per heavy atom. The van der Waals surface area contributed by atoms with E-state index in [0.717, 1.165) is 46.4 Å². The number of benzene rings is 6. The van der Waals surface area contributed by atoms with E-state index in [-0.39, 0.29) is 0 Å². The van der Waals surface area contributed by atoms with Crippen LogP contribution in [0.2, 0.25) is 0 Å². The van der Waals surface area contributed by atoms with Crippen LogP contribution in [0, 0.1) is 6.92 Å². The maximum Gasteiger partial charge on any atom is 0.137 e. The SMILES string of the molecule is CCC(=NC=C(C)C)N(c1ccccc1)c1ccc2ccc3c(N(c4ccccc4)c4ccc(C)cn4)ccc4ccc1c2c43. The summed E-state index contributed by atoms with van der Waals surface area (Å²) in [7, 11) is 0. The van der Waals surface area contributed by atoms with Gasteiger partial charge in [0.05, 0.1) is 11.4 Å². The average Bonchev–Trinajstić information content (AvgIpc) is 3.08. The molecule has 220 valence electrons. The van der Waals surface area contributed by atoms with Crippen LogP contribution in [0.15, 0.2) is 144 Å². The van der Waals surface area contributed by atoms with Gasteiger partial charge in [0.25, 0.3) is 0 Å². The topological polar surface area (TPSA) is 31.7 Å². The zero-order valence-electron chi connectivity index (χ0n) is 26.2. The Morgan fingerprint density at radius 1 is 0.667 bits per heavy atom. The number of allylic oxidation sites excluding steroid dienone is 1. The van der Waals surface area contributed by atoms with Gasteiger partial charge in [0.15, 0.2) is 0 Å². The zero-order chi connectivity index (χ0) is 30.9. The minimum Gasteiger partial charge on any atom is -0.298 e. The van der Waals surface area contributed by atoms with E-state index in [2.05, 4.69) is 159 Å². The van der Waals surface area contributed by atoms with Crippen molar-refractivity contribution < 1.29 is 0 Å². The summed E-state index contributed by atoms with van der Waals surface area (Å²) in [5, 5.41) is 7.33. The molecule has 1 aromatic heterocycles. The van der Waals surface area contributed by atoms with E-state index in [0.29, 0.717) is 0 Å². The number of aliphatic imine (C=N–C) groups is 1. The smallest absolute Gasteiger partial charge is 0.137 e. The van der Waals surface area contributed by atoms with Crippen molar-refractivity contribution >= 4 is 66.7 Å². The maximum atomic E-state index is 4.98. The molecule has 0 spiro atoms. The minimum absolute atomic E-state index is 0.792. The third-order valence-electron chi connectivity index (χ3n) is 8.30. The Kier molecular flexibility index (Phi) is 7.48. The van der Waals surface area contributed by atoms with Gasteiger partial charge in [-0.15, -0.1) is 0 Å². The van der Waals surface area contributed by atoms with Crippen LogP contribution in [0.5, 0.6) is 0 Å². The van der Waals surface area contributed by atoms with E-state index in [1.807, 2.05) is 12.4 Å². The number of amidine groups is 1. The third-order valence-corrected chi connectivity index (χ3v) is 8.30. The molecule has 7 aromatic rings. The molecule has 0 fully saturated rings. The molecular formula is C41H36N4. The summed E-state index contributed by atoms with van der Waals surface area (Å²) in [6, 6.07) is 43.4. The quantitative estimate of drug-likeness (QED) is 0.106. The van der Waals surface area contributed by atoms with Crippen molar-refractivity contribution in [1.29, 1.82) is 0 Å². The molecular weight excluding hydrogens is 548 g/mol. The number of para-hydroxylation sites is 2. The molecule has 0 bridgehead atoms. The lowest BCUT2D eigenvalue weighted by Gasteiger charge is -2.29. The van der Waals surface area contributed by atoms with Crippen LogP contribution < -0.4 is 9.80 Å². The molecule has 4 nitrogen and oxygen atoms in total. The van der Waals surface area contributed by atoms with E-state index < -0.39 is 0 Å². The van der Waals surface area contributed by atoms with Crippen LogP contribution in [0.1, 0.15) is 32.8 Å². The summed E-state index contributed by atoms with van der Waals surface area (Å²) >= 11 is 0. The van der Waals surface area contributed by atoms with Gasteiger partial charge < -0.3 is 0 Å². The lowest BCUT2D eigenvalue weighted by molar-refractivity contribution is 1.17. The predicted molar refractivity (Wildman–Crippen MR) is 193 cm³/mol. The molecule has 0 unspecified atom stereocenters. The van der Waals surface area contributed by atoms with Crippen LogP contribution in [-0.4, -0.2) is 10.8 Å². The van der Waals surface area contributed by atoms with E-state index in [1.54, 1.807) is 0 Å². The van der Waals surface area contributed by atoms with Crippen molar-refractivity contribution in [1.82, 2.24) is 4.98 Å². The van der Waals surface area contributed by atoms with Gasteiger partial charge in [-0.1, -0.05) is 91.4 Å². The molecule has 1 heterocycles. The first-order chi connectivity index (χ1) is 22.0. The van der Waals surface area contributed by atoms with Crippen LogP contribution >= 0.6 is 0 Å². The third kappa shape index (κ3) is 5.19. The van der Waals surface area contributed by atoms with Gasteiger partial charge in [0.1, 0.15) is 11.7 Å². The highest BCUT2D eigenvalue weighted by atomic mass is 15.2. The number of aromatic nitrogens is 1. The number of anilines is 5. The van der Waals surface area contributed by atoms with Crippen LogP contribution in [0.4, 0.5) is 28.6 Å². The van der Waals surface area contributed by atoms with E-state index >= 15 is 0 Å². The Labute approximate surface area is 264 Å². The lowest BCUT2D eigenvalue weighted by Crippen LogP contribution is -2.25. The van der Waals surface area contributed by atoms with Gasteiger partial charge >= 0.3 is 0 Å². The van der Waals surface area contributed by atoms with Gasteiger partial charge in [-0.2, -0.15) is 0 Å². The first-order valence-corrected chi connectivity index (χ1v) is 15.6. The zero-order valence-corrected chi connectivity index (χ0v) is 26.2. The molecule has 0 aliphatic heterocycles. The molecule has 0 radical (unpaired) electrons. The van der Waals surface area contributed by atoms with Crippen molar-refractivity contribution in [3.8, 4) is 0 Å². The van der Waals surface area contributed by atoms with Crippen molar-refractivity contribution in [2.45, 2.75) is 34.1 Å². The Bertz CT molecular complexity index is 2160. The molecule has 45 heavy (non-hydrogen) atoms. The second-order valence-electron chi connectivity index (χ2n) is 11.7. The van der Waals surface area contributed by atoms with Crippen molar-refractivity contribution in [2.75, 3.05) is 9.80 Å². The lowest BCUT2D eigenvalue weighted by atomic mass is 9.92. The van der Waals surface area contributed by atoms with Gasteiger partial charge in [-0.3, -0.25) is 9.80 Å². The first kappa shape index (κ1) is 28.3. The molecule has 6 aromatic carbocycles. The molecule has 7 rings (SSSR count). The highest BCUT2D eigenvalue weighted by Gasteiger charge is 2.22. The van der Waals surface area contributed by atoms with Crippen LogP contribution in [-0.2, 0) is 0 Å². The molecule has 0 aliphatic rings. The second kappa shape index (κ2) is 11.9. The fourth-order valence-electron chi connectivity index (χ4n) is 6.24. The summed E-state index contributed by atoms with van der Waals surface area (Å²) in [4.78, 5) is 14.4. The normalized spacial score (nSPS) is 11.8. The van der Waals surface area contributed by atoms with Gasteiger partial charge in [-0.25, -0.2) is 9.98 Å². The summed E-state index contributed by atoms with van der Waals surface area (Å²) < 4.78 is 0. The first-order valence-electron chi connectivity index (χ1n) is 15.6. The second-order valence-corrected chi connectivity index (χ2v) is 11.7. The number of pyridine rings is 1. The predicted octanol–water partition coefficient (Wildman–Crippen LogP) is 11.6. The minimum atomic E-state index is 0.792. The van der Waals surface area contributed by atoms with E-state index in [1.165, 1.54) is 37.9 Å². The average molecular weight is 585 g/mol. The monoisotopic (exact) mass is 584 g/mol. The van der Waals surface area contributed by atoms with E-state index in [9.17, 15) is 0 Å². The highest BCUT2D eigenvalue weighted by molar-refractivity contribution is 6.29.